The third-order valence-corrected chi connectivity index (χ3v) is 3.03. The summed E-state index contributed by atoms with van der Waals surface area (Å²) in [4.78, 5) is 0. The van der Waals surface area contributed by atoms with Crippen LogP contribution >= 0.6 is 0 Å². The lowest BCUT2D eigenvalue weighted by atomic mass is 9.98. The van der Waals surface area contributed by atoms with E-state index >= 15 is 0 Å². The van der Waals surface area contributed by atoms with Crippen molar-refractivity contribution in [3.8, 4) is 11.5 Å². The molecule has 0 aliphatic rings. The summed E-state index contributed by atoms with van der Waals surface area (Å²) in [5.74, 6) is 1.13. The smallest absolute Gasteiger partial charge is 0.128 e. The number of hydrogen-bond acceptors (Lipinski definition) is 4. The van der Waals surface area contributed by atoms with E-state index in [0.717, 1.165) is 0 Å². The molecule has 1 unspecified atom stereocenters. The fraction of sp³-hybridized carbons (Fsp3) is 0.200. The molecule has 0 aliphatic heterocycles. The van der Waals surface area contributed by atoms with Gasteiger partial charge in [-0.15, -0.1) is 0 Å². The third kappa shape index (κ3) is 2.48. The highest BCUT2D eigenvalue weighted by Crippen LogP contribution is 2.38. The molecule has 0 fully saturated rings. The molecule has 0 amide bonds. The van der Waals surface area contributed by atoms with Crippen molar-refractivity contribution in [3.63, 3.8) is 0 Å². The van der Waals surface area contributed by atoms with Crippen LogP contribution in [-0.4, -0.2) is 19.3 Å². The van der Waals surface area contributed by atoms with Gasteiger partial charge >= 0.3 is 0 Å². The highest BCUT2D eigenvalue weighted by Gasteiger charge is 2.21. The van der Waals surface area contributed by atoms with Crippen LogP contribution in [-0.2, 0) is 0 Å². The van der Waals surface area contributed by atoms with Crippen molar-refractivity contribution in [1.29, 1.82) is 0 Å². The van der Waals surface area contributed by atoms with E-state index in [1.54, 1.807) is 38.5 Å². The van der Waals surface area contributed by atoms with Crippen molar-refractivity contribution < 1.29 is 14.6 Å². The largest absolute Gasteiger partial charge is 0.496 e. The average Bonchev–Trinajstić information content (AvgIpc) is 2.46. The van der Waals surface area contributed by atoms with E-state index in [9.17, 15) is 5.11 Å². The first-order valence-electron chi connectivity index (χ1n) is 5.92. The predicted octanol–water partition coefficient (Wildman–Crippen LogP) is 2.37. The van der Waals surface area contributed by atoms with Gasteiger partial charge < -0.3 is 20.3 Å². The first-order chi connectivity index (χ1) is 9.19. The topological polar surface area (TPSA) is 64.7 Å². The van der Waals surface area contributed by atoms with E-state index in [2.05, 4.69) is 0 Å². The number of nitrogens with two attached hydrogens (primary N) is 1. The number of aliphatic hydroxyl groups is 1. The Hall–Kier alpha value is -2.20. The van der Waals surface area contributed by atoms with E-state index in [1.807, 2.05) is 18.2 Å². The van der Waals surface area contributed by atoms with Crippen molar-refractivity contribution in [2.24, 2.45) is 0 Å². The normalized spacial score (nSPS) is 11.9. The van der Waals surface area contributed by atoms with Gasteiger partial charge in [-0.05, 0) is 18.2 Å². The van der Waals surface area contributed by atoms with Crippen LogP contribution in [0.25, 0.3) is 0 Å². The summed E-state index contributed by atoms with van der Waals surface area (Å²) in [7, 11) is 3.11. The number of hydrogen-bond donors (Lipinski definition) is 2. The number of anilines is 1. The molecular formula is C15H17NO3. The number of methoxy groups -OCH3 is 2. The second kappa shape index (κ2) is 5.63. The van der Waals surface area contributed by atoms with E-state index < -0.39 is 6.10 Å². The van der Waals surface area contributed by atoms with Crippen molar-refractivity contribution >= 4 is 5.69 Å². The van der Waals surface area contributed by atoms with E-state index in [-0.39, 0.29) is 0 Å². The summed E-state index contributed by atoms with van der Waals surface area (Å²) in [6, 6.07) is 12.6. The average molecular weight is 259 g/mol. The Labute approximate surface area is 112 Å². The minimum Gasteiger partial charge on any atom is -0.496 e. The number of para-hydroxylation sites is 1. The number of ether oxygens (including phenoxy) is 2. The lowest BCUT2D eigenvalue weighted by molar-refractivity contribution is 0.209. The summed E-state index contributed by atoms with van der Waals surface area (Å²) < 4.78 is 10.6. The van der Waals surface area contributed by atoms with Crippen LogP contribution in [0.3, 0.4) is 0 Å². The summed E-state index contributed by atoms with van der Waals surface area (Å²) in [6.07, 6.45) is -0.896. The Morgan fingerprint density at radius 2 is 1.53 bits per heavy atom. The van der Waals surface area contributed by atoms with Gasteiger partial charge in [0.05, 0.1) is 19.8 Å². The van der Waals surface area contributed by atoms with Gasteiger partial charge in [-0.25, -0.2) is 0 Å². The Morgan fingerprint density at radius 3 is 2.05 bits per heavy atom. The number of benzene rings is 2. The second-order valence-electron chi connectivity index (χ2n) is 4.11. The zero-order valence-corrected chi connectivity index (χ0v) is 11.0. The maximum Gasteiger partial charge on any atom is 0.128 e. The SMILES string of the molecule is COc1cccc(OC)c1C(O)c1ccccc1N. The van der Waals surface area contributed by atoms with Gasteiger partial charge in [-0.2, -0.15) is 0 Å². The summed E-state index contributed by atoms with van der Waals surface area (Å²) in [6.45, 7) is 0. The Kier molecular flexibility index (Phi) is 3.92. The molecule has 4 nitrogen and oxygen atoms in total. The Balaban J connectivity index is 2.55. The molecule has 0 radical (unpaired) electrons. The monoisotopic (exact) mass is 259 g/mol. The molecule has 0 saturated heterocycles. The van der Waals surface area contributed by atoms with Crippen molar-refractivity contribution in [2.45, 2.75) is 6.10 Å². The molecule has 4 heteroatoms. The molecule has 0 heterocycles. The maximum absolute atomic E-state index is 10.6. The van der Waals surface area contributed by atoms with Gasteiger partial charge in [0, 0.05) is 11.3 Å². The Bertz CT molecular complexity index is 547. The maximum atomic E-state index is 10.6. The summed E-state index contributed by atoms with van der Waals surface area (Å²) in [5.41, 5.74) is 7.64. The molecule has 0 aromatic heterocycles. The van der Waals surface area contributed by atoms with Crippen LogP contribution in [0, 0.1) is 0 Å². The van der Waals surface area contributed by atoms with Crippen LogP contribution in [0.5, 0.6) is 11.5 Å². The molecule has 0 spiro atoms. The standard InChI is InChI=1S/C15H17NO3/c1-18-12-8-5-9-13(19-2)14(12)15(17)10-6-3-4-7-11(10)16/h3-9,15,17H,16H2,1-2H3. The van der Waals surface area contributed by atoms with Crippen LogP contribution in [0.4, 0.5) is 5.69 Å². The van der Waals surface area contributed by atoms with E-state index in [0.29, 0.717) is 28.3 Å². The molecule has 2 aromatic rings. The highest BCUT2D eigenvalue weighted by atomic mass is 16.5. The zero-order chi connectivity index (χ0) is 13.8. The predicted molar refractivity (Wildman–Crippen MR) is 74.5 cm³/mol. The first kappa shape index (κ1) is 13.2. The lowest BCUT2D eigenvalue weighted by Gasteiger charge is -2.19. The lowest BCUT2D eigenvalue weighted by Crippen LogP contribution is -2.07. The number of rotatable bonds is 4. The summed E-state index contributed by atoms with van der Waals surface area (Å²) in [5, 5.41) is 10.6. The van der Waals surface area contributed by atoms with Crippen LogP contribution < -0.4 is 15.2 Å². The first-order valence-corrected chi connectivity index (χ1v) is 5.92. The fourth-order valence-corrected chi connectivity index (χ4v) is 2.06. The molecule has 100 valence electrons. The molecule has 3 N–H and O–H groups in total. The quantitative estimate of drug-likeness (QED) is 0.827. The molecule has 0 saturated carbocycles. The van der Waals surface area contributed by atoms with Gasteiger partial charge in [-0.1, -0.05) is 24.3 Å². The molecule has 0 aliphatic carbocycles. The van der Waals surface area contributed by atoms with Gasteiger partial charge in [-0.3, -0.25) is 0 Å². The van der Waals surface area contributed by atoms with E-state index in [4.69, 9.17) is 15.2 Å². The highest BCUT2D eigenvalue weighted by molar-refractivity contribution is 5.56. The molecule has 2 rings (SSSR count). The molecule has 19 heavy (non-hydrogen) atoms. The second-order valence-corrected chi connectivity index (χ2v) is 4.11. The number of nitrogen functional groups attached to an aromatic ring is 1. The van der Waals surface area contributed by atoms with E-state index in [1.165, 1.54) is 0 Å². The van der Waals surface area contributed by atoms with Gasteiger partial charge in [0.15, 0.2) is 0 Å². The zero-order valence-electron chi connectivity index (χ0n) is 11.0. The van der Waals surface area contributed by atoms with Gasteiger partial charge in [0.25, 0.3) is 0 Å². The Morgan fingerprint density at radius 1 is 0.947 bits per heavy atom. The number of aliphatic hydroxyl groups excluding tert-OH is 1. The molecular weight excluding hydrogens is 242 g/mol. The molecule has 0 bridgehead atoms. The minimum atomic E-state index is -0.896. The van der Waals surface area contributed by atoms with Crippen LogP contribution in [0.2, 0.25) is 0 Å². The third-order valence-electron chi connectivity index (χ3n) is 3.03. The van der Waals surface area contributed by atoms with Crippen molar-refractivity contribution in [3.05, 3.63) is 53.6 Å². The minimum absolute atomic E-state index is 0.531. The van der Waals surface area contributed by atoms with Crippen molar-refractivity contribution in [2.75, 3.05) is 20.0 Å². The van der Waals surface area contributed by atoms with Crippen molar-refractivity contribution in [1.82, 2.24) is 0 Å². The van der Waals surface area contributed by atoms with Crippen LogP contribution in [0.15, 0.2) is 42.5 Å². The van der Waals surface area contributed by atoms with Crippen LogP contribution in [0.1, 0.15) is 17.2 Å². The molecule has 1 atom stereocenters. The fourth-order valence-electron chi connectivity index (χ4n) is 2.06. The van der Waals surface area contributed by atoms with Gasteiger partial charge in [0.2, 0.25) is 0 Å². The van der Waals surface area contributed by atoms with Gasteiger partial charge in [0.1, 0.15) is 17.6 Å². The molecule has 2 aromatic carbocycles. The summed E-state index contributed by atoms with van der Waals surface area (Å²) >= 11 is 0.